The first-order valence-electron chi connectivity index (χ1n) is 6.55. The molecule has 0 radical (unpaired) electrons. The smallest absolute Gasteiger partial charge is 0.312 e. The van der Waals surface area contributed by atoms with E-state index in [1.807, 2.05) is 25.1 Å². The van der Waals surface area contributed by atoms with E-state index >= 15 is 0 Å². The fourth-order valence-electron chi connectivity index (χ4n) is 1.90. The van der Waals surface area contributed by atoms with Crippen LogP contribution in [0, 0.1) is 17.0 Å². The van der Waals surface area contributed by atoms with Crippen LogP contribution in [0.3, 0.4) is 0 Å². The Kier molecular flexibility index (Phi) is 4.63. The Balaban J connectivity index is 2.43. The summed E-state index contributed by atoms with van der Waals surface area (Å²) in [6.45, 7) is 3.07. The van der Waals surface area contributed by atoms with Gasteiger partial charge in [-0.15, -0.1) is 0 Å². The van der Waals surface area contributed by atoms with Gasteiger partial charge in [-0.2, -0.15) is 0 Å². The summed E-state index contributed by atoms with van der Waals surface area (Å²) in [6, 6.07) is 10.0. The number of nitro benzene ring substituents is 1. The third-order valence-electron chi connectivity index (χ3n) is 2.81. The lowest BCUT2D eigenvalue weighted by Crippen LogP contribution is -2.05. The number of esters is 1. The molecule has 2 aromatic rings. The molecule has 112 valence electrons. The third-order valence-corrected chi connectivity index (χ3v) is 2.81. The Morgan fingerprint density at radius 2 is 1.95 bits per heavy atom. The van der Waals surface area contributed by atoms with Crippen LogP contribution in [0.5, 0.6) is 5.75 Å². The van der Waals surface area contributed by atoms with Gasteiger partial charge in [-0.25, -0.2) is 0 Å². The quantitative estimate of drug-likeness (QED) is 0.374. The summed E-state index contributed by atoms with van der Waals surface area (Å²) in [5, 5.41) is 11.1. The second-order valence-corrected chi connectivity index (χ2v) is 4.58. The largest absolute Gasteiger partial charge is 0.419 e. The molecular weight excluding hydrogens is 284 g/mol. The van der Waals surface area contributed by atoms with Crippen LogP contribution in [0.2, 0.25) is 0 Å². The molecule has 0 aliphatic heterocycles. The maximum Gasteiger partial charge on any atom is 0.312 e. The molecule has 0 aliphatic carbocycles. The van der Waals surface area contributed by atoms with Gasteiger partial charge in [0, 0.05) is 24.2 Å². The van der Waals surface area contributed by atoms with Crippen LogP contribution in [0.4, 0.5) is 5.69 Å². The molecule has 0 unspecified atom stereocenters. The number of carbonyl (C=O) groups is 1. The molecule has 0 N–H and O–H groups in total. The number of aromatic nitrogens is 1. The predicted molar refractivity (Wildman–Crippen MR) is 82.3 cm³/mol. The van der Waals surface area contributed by atoms with E-state index in [2.05, 4.69) is 4.98 Å². The zero-order valence-corrected chi connectivity index (χ0v) is 12.1. The van der Waals surface area contributed by atoms with Crippen molar-refractivity contribution in [3.05, 3.63) is 63.5 Å². The van der Waals surface area contributed by atoms with Gasteiger partial charge in [0.15, 0.2) is 0 Å². The lowest BCUT2D eigenvalue weighted by Gasteiger charge is -2.06. The molecule has 1 aromatic carbocycles. The van der Waals surface area contributed by atoms with Crippen LogP contribution in [0.25, 0.3) is 12.2 Å². The zero-order valence-electron chi connectivity index (χ0n) is 12.1. The predicted octanol–water partition coefficient (Wildman–Crippen LogP) is 3.39. The Morgan fingerprint density at radius 1 is 1.23 bits per heavy atom. The fourth-order valence-corrected chi connectivity index (χ4v) is 1.90. The Morgan fingerprint density at radius 3 is 2.59 bits per heavy atom. The van der Waals surface area contributed by atoms with Crippen LogP contribution in [-0.4, -0.2) is 15.9 Å². The average Bonchev–Trinajstić information content (AvgIpc) is 2.45. The molecule has 0 aliphatic rings. The van der Waals surface area contributed by atoms with Crippen LogP contribution >= 0.6 is 0 Å². The molecule has 6 nitrogen and oxygen atoms in total. The van der Waals surface area contributed by atoms with Crippen LogP contribution in [0.1, 0.15) is 23.9 Å². The number of benzene rings is 1. The highest BCUT2D eigenvalue weighted by atomic mass is 16.6. The number of pyridine rings is 1. The van der Waals surface area contributed by atoms with Crippen molar-refractivity contribution in [3.8, 4) is 5.75 Å². The summed E-state index contributed by atoms with van der Waals surface area (Å²) in [4.78, 5) is 26.0. The first kappa shape index (κ1) is 15.4. The molecule has 2 rings (SSSR count). The topological polar surface area (TPSA) is 82.3 Å². The molecule has 22 heavy (non-hydrogen) atoms. The Labute approximate surface area is 127 Å². The fraction of sp³-hybridized carbons (Fsp3) is 0.125. The van der Waals surface area contributed by atoms with Crippen molar-refractivity contribution < 1.29 is 14.5 Å². The molecule has 0 bridgehead atoms. The maximum absolute atomic E-state index is 11.2. The van der Waals surface area contributed by atoms with Crippen molar-refractivity contribution in [1.29, 1.82) is 0 Å². The Bertz CT molecular complexity index is 754. The second-order valence-electron chi connectivity index (χ2n) is 4.58. The minimum absolute atomic E-state index is 0.0658. The Hall–Kier alpha value is -3.02. The highest BCUT2D eigenvalue weighted by Gasteiger charge is 2.19. The minimum Gasteiger partial charge on any atom is -0.419 e. The molecule has 1 aromatic heterocycles. The summed E-state index contributed by atoms with van der Waals surface area (Å²) in [6.07, 6.45) is 3.34. The van der Waals surface area contributed by atoms with Crippen molar-refractivity contribution >= 4 is 23.8 Å². The number of hydrogen-bond donors (Lipinski definition) is 0. The zero-order chi connectivity index (χ0) is 16.1. The number of nitrogens with zero attached hydrogens (tertiary/aromatic N) is 2. The van der Waals surface area contributed by atoms with E-state index in [1.54, 1.807) is 18.2 Å². The highest BCUT2D eigenvalue weighted by molar-refractivity contribution is 5.78. The third kappa shape index (κ3) is 3.76. The average molecular weight is 298 g/mol. The standard InChI is InChI=1S/C16H14N2O4/c1-11-5-3-7-14(17-11)10-9-13-6-4-8-15(18(20)21)16(13)22-12(2)19/h3-10H,1-2H3/b10-9+. The van der Waals surface area contributed by atoms with E-state index in [-0.39, 0.29) is 11.4 Å². The molecule has 0 saturated heterocycles. The van der Waals surface area contributed by atoms with E-state index in [0.717, 1.165) is 5.69 Å². The summed E-state index contributed by atoms with van der Waals surface area (Å²) in [5.74, 6) is -0.679. The molecule has 0 atom stereocenters. The van der Waals surface area contributed by atoms with Gasteiger partial charge in [-0.3, -0.25) is 19.9 Å². The van der Waals surface area contributed by atoms with Crippen molar-refractivity contribution in [2.75, 3.05) is 0 Å². The summed E-state index contributed by atoms with van der Waals surface area (Å²) in [5.41, 5.74) is 1.75. The summed E-state index contributed by atoms with van der Waals surface area (Å²) >= 11 is 0. The van der Waals surface area contributed by atoms with Crippen molar-refractivity contribution in [2.45, 2.75) is 13.8 Å². The SMILES string of the molecule is CC(=O)Oc1c(/C=C/c2cccc(C)n2)cccc1[N+](=O)[O-]. The van der Waals surface area contributed by atoms with Crippen LogP contribution in [0.15, 0.2) is 36.4 Å². The van der Waals surface area contributed by atoms with Crippen LogP contribution < -0.4 is 4.74 Å². The molecule has 6 heteroatoms. The van der Waals surface area contributed by atoms with E-state index in [1.165, 1.54) is 19.1 Å². The number of para-hydroxylation sites is 1. The lowest BCUT2D eigenvalue weighted by atomic mass is 10.1. The normalized spacial score (nSPS) is 10.6. The van der Waals surface area contributed by atoms with Crippen molar-refractivity contribution in [1.82, 2.24) is 4.98 Å². The van der Waals surface area contributed by atoms with Gasteiger partial charge in [0.05, 0.1) is 10.6 Å². The number of hydrogen-bond acceptors (Lipinski definition) is 5. The number of carbonyl (C=O) groups excluding carboxylic acids is 1. The molecular formula is C16H14N2O4. The van der Waals surface area contributed by atoms with E-state index < -0.39 is 10.9 Å². The molecule has 0 amide bonds. The van der Waals surface area contributed by atoms with E-state index in [9.17, 15) is 14.9 Å². The van der Waals surface area contributed by atoms with Gasteiger partial charge in [0.2, 0.25) is 5.75 Å². The van der Waals surface area contributed by atoms with Gasteiger partial charge in [-0.05, 0) is 31.2 Å². The molecule has 0 spiro atoms. The van der Waals surface area contributed by atoms with Crippen molar-refractivity contribution in [2.24, 2.45) is 0 Å². The molecule has 1 heterocycles. The van der Waals surface area contributed by atoms with Gasteiger partial charge < -0.3 is 4.74 Å². The first-order chi connectivity index (χ1) is 10.5. The number of ether oxygens (including phenoxy) is 1. The highest BCUT2D eigenvalue weighted by Crippen LogP contribution is 2.32. The lowest BCUT2D eigenvalue weighted by molar-refractivity contribution is -0.385. The van der Waals surface area contributed by atoms with Gasteiger partial charge in [0.1, 0.15) is 0 Å². The summed E-state index contributed by atoms with van der Waals surface area (Å²) < 4.78 is 5.00. The second kappa shape index (κ2) is 6.62. The van der Waals surface area contributed by atoms with Gasteiger partial charge in [0.25, 0.3) is 0 Å². The monoisotopic (exact) mass is 298 g/mol. The van der Waals surface area contributed by atoms with Gasteiger partial charge in [-0.1, -0.05) is 18.2 Å². The van der Waals surface area contributed by atoms with Crippen molar-refractivity contribution in [3.63, 3.8) is 0 Å². The number of nitro groups is 1. The first-order valence-corrected chi connectivity index (χ1v) is 6.55. The minimum atomic E-state index is -0.613. The van der Waals surface area contributed by atoms with E-state index in [0.29, 0.717) is 11.3 Å². The molecule has 0 fully saturated rings. The number of aryl methyl sites for hydroxylation is 1. The van der Waals surface area contributed by atoms with Crippen LogP contribution in [-0.2, 0) is 4.79 Å². The van der Waals surface area contributed by atoms with Gasteiger partial charge >= 0.3 is 11.7 Å². The number of rotatable bonds is 4. The summed E-state index contributed by atoms with van der Waals surface area (Å²) in [7, 11) is 0. The maximum atomic E-state index is 11.2. The molecule has 0 saturated carbocycles. The van der Waals surface area contributed by atoms with E-state index in [4.69, 9.17) is 4.74 Å².